The van der Waals surface area contributed by atoms with Crippen molar-refractivity contribution < 1.29 is 13.5 Å². The monoisotopic (exact) mass is 299 g/mol. The summed E-state index contributed by atoms with van der Waals surface area (Å²) in [5.41, 5.74) is 0.704. The maximum atomic E-state index is 13.5. The molecule has 1 heterocycles. The van der Waals surface area contributed by atoms with Crippen LogP contribution < -0.4 is 4.74 Å². The van der Waals surface area contributed by atoms with E-state index >= 15 is 0 Å². The number of halogens is 3. The van der Waals surface area contributed by atoms with Gasteiger partial charge in [0.1, 0.15) is 11.6 Å². The Hall–Kier alpha value is -1.49. The molecular formula is C12H8BrF2NO. The van der Waals surface area contributed by atoms with Crippen molar-refractivity contribution >= 4 is 15.9 Å². The van der Waals surface area contributed by atoms with Gasteiger partial charge in [0.15, 0.2) is 5.82 Å². The molecule has 0 unspecified atom stereocenters. The van der Waals surface area contributed by atoms with Crippen molar-refractivity contribution in [2.24, 2.45) is 0 Å². The van der Waals surface area contributed by atoms with Gasteiger partial charge in [-0.1, -0.05) is 6.07 Å². The van der Waals surface area contributed by atoms with Crippen molar-refractivity contribution in [1.29, 1.82) is 0 Å². The second-order valence-corrected chi connectivity index (χ2v) is 4.37. The fourth-order valence-corrected chi connectivity index (χ4v) is 1.57. The number of hydrogen-bond acceptors (Lipinski definition) is 2. The minimum atomic E-state index is -0.608. The van der Waals surface area contributed by atoms with Crippen LogP contribution in [0.25, 0.3) is 0 Å². The highest BCUT2D eigenvalue weighted by molar-refractivity contribution is 9.10. The first kappa shape index (κ1) is 12.0. The molecule has 88 valence electrons. The lowest BCUT2D eigenvalue weighted by molar-refractivity contribution is 0.417. The second kappa shape index (κ2) is 4.79. The lowest BCUT2D eigenvalue weighted by atomic mass is 10.2. The average Bonchev–Trinajstić information content (AvgIpc) is 2.27. The number of ether oxygens (including phenoxy) is 1. The summed E-state index contributed by atoms with van der Waals surface area (Å²) in [4.78, 5) is 3.78. The van der Waals surface area contributed by atoms with Gasteiger partial charge in [-0.15, -0.1) is 0 Å². The van der Waals surface area contributed by atoms with E-state index in [-0.39, 0.29) is 11.6 Å². The topological polar surface area (TPSA) is 22.1 Å². The predicted molar refractivity (Wildman–Crippen MR) is 63.1 cm³/mol. The number of pyridine rings is 1. The quantitative estimate of drug-likeness (QED) is 0.828. The number of nitrogens with zero attached hydrogens (tertiary/aromatic N) is 1. The van der Waals surface area contributed by atoms with Crippen molar-refractivity contribution in [2.75, 3.05) is 0 Å². The molecule has 0 amide bonds. The zero-order valence-corrected chi connectivity index (χ0v) is 10.5. The van der Waals surface area contributed by atoms with E-state index in [9.17, 15) is 8.78 Å². The Morgan fingerprint density at radius 3 is 2.71 bits per heavy atom. The fraction of sp³-hybridized carbons (Fsp3) is 0.0833. The molecule has 0 aliphatic heterocycles. The lowest BCUT2D eigenvalue weighted by Crippen LogP contribution is -1.94. The van der Waals surface area contributed by atoms with E-state index in [0.717, 1.165) is 0 Å². The number of hydrogen-bond donors (Lipinski definition) is 0. The smallest absolute Gasteiger partial charge is 0.255 e. The molecule has 0 saturated carbocycles. The Kier molecular flexibility index (Phi) is 3.38. The number of benzene rings is 1. The Labute approximate surface area is 105 Å². The summed E-state index contributed by atoms with van der Waals surface area (Å²) in [7, 11) is 0. The van der Waals surface area contributed by atoms with Crippen molar-refractivity contribution in [3.63, 3.8) is 0 Å². The molecule has 5 heteroatoms. The van der Waals surface area contributed by atoms with Gasteiger partial charge < -0.3 is 4.74 Å². The van der Waals surface area contributed by atoms with Gasteiger partial charge in [0.2, 0.25) is 0 Å². The molecule has 0 atom stereocenters. The minimum Gasteiger partial charge on any atom is -0.436 e. The molecule has 0 saturated heterocycles. The summed E-state index contributed by atoms with van der Waals surface area (Å²) >= 11 is 3.09. The molecule has 1 aromatic heterocycles. The molecule has 0 N–H and O–H groups in total. The average molecular weight is 300 g/mol. The van der Waals surface area contributed by atoms with Crippen LogP contribution in [0.3, 0.4) is 0 Å². The van der Waals surface area contributed by atoms with Gasteiger partial charge in [-0.25, -0.2) is 13.8 Å². The van der Waals surface area contributed by atoms with Gasteiger partial charge in [0.05, 0.1) is 0 Å². The Balaban J connectivity index is 2.34. The molecule has 1 aromatic carbocycles. The zero-order chi connectivity index (χ0) is 12.4. The van der Waals surface area contributed by atoms with Gasteiger partial charge in [0, 0.05) is 16.7 Å². The van der Waals surface area contributed by atoms with Crippen LogP contribution in [0, 0.1) is 18.6 Å². The Morgan fingerprint density at radius 1 is 1.24 bits per heavy atom. The van der Waals surface area contributed by atoms with Crippen molar-refractivity contribution in [2.45, 2.75) is 6.92 Å². The van der Waals surface area contributed by atoms with E-state index in [0.29, 0.717) is 10.0 Å². The first-order chi connectivity index (χ1) is 8.06. The first-order valence-corrected chi connectivity index (χ1v) is 5.60. The van der Waals surface area contributed by atoms with Gasteiger partial charge in [-0.3, -0.25) is 0 Å². The maximum Gasteiger partial charge on any atom is 0.255 e. The summed E-state index contributed by atoms with van der Waals surface area (Å²) in [6, 6.07) is 5.30. The van der Waals surface area contributed by atoms with E-state index in [1.54, 1.807) is 13.0 Å². The third kappa shape index (κ3) is 2.79. The van der Waals surface area contributed by atoms with Crippen molar-refractivity contribution in [3.05, 3.63) is 52.1 Å². The van der Waals surface area contributed by atoms with Gasteiger partial charge in [-0.2, -0.15) is 0 Å². The maximum absolute atomic E-state index is 13.5. The molecule has 0 spiro atoms. The zero-order valence-electron chi connectivity index (χ0n) is 8.88. The van der Waals surface area contributed by atoms with Crippen LogP contribution in [-0.2, 0) is 0 Å². The molecule has 2 rings (SSSR count). The number of aryl methyl sites for hydroxylation is 1. The normalized spacial score (nSPS) is 10.4. The highest BCUT2D eigenvalue weighted by Gasteiger charge is 2.09. The molecule has 2 aromatic rings. The molecule has 0 fully saturated rings. The molecule has 0 radical (unpaired) electrons. The molecule has 0 bridgehead atoms. The van der Waals surface area contributed by atoms with Crippen LogP contribution in [0.1, 0.15) is 5.56 Å². The number of aromatic nitrogens is 1. The molecule has 0 aliphatic carbocycles. The van der Waals surface area contributed by atoms with Crippen LogP contribution in [0.15, 0.2) is 34.9 Å². The van der Waals surface area contributed by atoms with Crippen molar-refractivity contribution in [3.8, 4) is 11.6 Å². The fourth-order valence-electron chi connectivity index (χ4n) is 1.27. The van der Waals surface area contributed by atoms with Gasteiger partial charge in [-0.05, 0) is 40.5 Å². The lowest BCUT2D eigenvalue weighted by Gasteiger charge is -2.08. The van der Waals surface area contributed by atoms with Crippen LogP contribution in [0.5, 0.6) is 11.6 Å². The second-order valence-electron chi connectivity index (χ2n) is 3.45. The third-order valence-electron chi connectivity index (χ3n) is 2.13. The van der Waals surface area contributed by atoms with E-state index in [4.69, 9.17) is 4.74 Å². The largest absolute Gasteiger partial charge is 0.436 e. The summed E-state index contributed by atoms with van der Waals surface area (Å²) in [6.45, 7) is 1.74. The molecule has 17 heavy (non-hydrogen) atoms. The molecule has 2 nitrogen and oxygen atoms in total. The Bertz CT molecular complexity index is 560. The highest BCUT2D eigenvalue weighted by atomic mass is 79.9. The van der Waals surface area contributed by atoms with Crippen LogP contribution in [0.4, 0.5) is 8.78 Å². The van der Waals surface area contributed by atoms with Crippen LogP contribution in [0.2, 0.25) is 0 Å². The summed E-state index contributed by atoms with van der Waals surface area (Å²) in [6.07, 6.45) is 1.41. The van der Waals surface area contributed by atoms with Crippen molar-refractivity contribution in [1.82, 2.24) is 4.98 Å². The first-order valence-electron chi connectivity index (χ1n) is 4.81. The van der Waals surface area contributed by atoms with Gasteiger partial charge >= 0.3 is 0 Å². The predicted octanol–water partition coefficient (Wildman–Crippen LogP) is 4.22. The Morgan fingerprint density at radius 2 is 2.00 bits per heavy atom. The van der Waals surface area contributed by atoms with E-state index in [1.807, 2.05) is 0 Å². The van der Waals surface area contributed by atoms with Crippen LogP contribution in [-0.4, -0.2) is 4.98 Å². The van der Waals surface area contributed by atoms with Crippen LogP contribution >= 0.6 is 15.9 Å². The van der Waals surface area contributed by atoms with E-state index in [1.165, 1.54) is 24.4 Å². The van der Waals surface area contributed by atoms with Gasteiger partial charge in [0.25, 0.3) is 5.88 Å². The van der Waals surface area contributed by atoms with E-state index < -0.39 is 11.6 Å². The summed E-state index contributed by atoms with van der Waals surface area (Å²) < 4.78 is 32.2. The number of rotatable bonds is 2. The summed E-state index contributed by atoms with van der Waals surface area (Å²) in [5, 5.41) is 0. The highest BCUT2D eigenvalue weighted by Crippen LogP contribution is 2.27. The SMILES string of the molecule is Cc1ccc(F)cc1Oc1ncc(Br)cc1F. The standard InChI is InChI=1S/C12H8BrF2NO/c1-7-2-3-9(14)5-11(7)17-12-10(15)4-8(13)6-16-12/h2-6H,1H3. The molecule has 0 aliphatic rings. The third-order valence-corrected chi connectivity index (χ3v) is 2.56. The molecular weight excluding hydrogens is 292 g/mol. The minimum absolute atomic E-state index is 0.179. The van der Waals surface area contributed by atoms with E-state index in [2.05, 4.69) is 20.9 Å². The summed E-state index contributed by atoms with van der Waals surface area (Å²) in [5.74, 6) is -0.980.